The zero-order valence-corrected chi connectivity index (χ0v) is 12.2. The molecular formula is C15H15N3OS. The fraction of sp³-hybridized carbons (Fsp3) is 0.200. The highest BCUT2D eigenvalue weighted by Gasteiger charge is 2.13. The van der Waals surface area contributed by atoms with E-state index in [9.17, 15) is 0 Å². The minimum atomic E-state index is 0.520. The van der Waals surface area contributed by atoms with Crippen LogP contribution in [0, 0.1) is 0 Å². The van der Waals surface area contributed by atoms with Crippen LogP contribution in [0.25, 0.3) is 21.6 Å². The quantitative estimate of drug-likeness (QED) is 0.800. The second kappa shape index (κ2) is 5.09. The number of benzene rings is 1. The molecule has 0 saturated carbocycles. The Kier molecular flexibility index (Phi) is 3.28. The molecule has 0 atom stereocenters. The largest absolute Gasteiger partial charge is 0.496 e. The number of nitrogens with two attached hydrogens (primary N) is 1. The Morgan fingerprint density at radius 1 is 1.25 bits per heavy atom. The smallest absolute Gasteiger partial charge is 0.166 e. The van der Waals surface area contributed by atoms with E-state index in [1.54, 1.807) is 18.4 Å². The first-order valence-electron chi connectivity index (χ1n) is 6.42. The first kappa shape index (κ1) is 12.9. The van der Waals surface area contributed by atoms with E-state index in [-0.39, 0.29) is 0 Å². The molecule has 0 spiro atoms. The van der Waals surface area contributed by atoms with Crippen LogP contribution in [-0.2, 0) is 6.42 Å². The van der Waals surface area contributed by atoms with Gasteiger partial charge in [-0.05, 0) is 24.6 Å². The summed E-state index contributed by atoms with van der Waals surface area (Å²) in [6.07, 6.45) is 0.977. The van der Waals surface area contributed by atoms with E-state index in [4.69, 9.17) is 10.5 Å². The number of rotatable bonds is 3. The van der Waals surface area contributed by atoms with Crippen molar-refractivity contribution in [3.63, 3.8) is 0 Å². The van der Waals surface area contributed by atoms with E-state index in [0.29, 0.717) is 11.6 Å². The standard InChI is InChI=1S/C15H15N3OS/c1-3-9-8-11-13(16)17-14(18-15(11)20-9)10-6-4-5-7-12(10)19-2/h4-8H,3H2,1-2H3,(H2,16,17,18). The van der Waals surface area contributed by atoms with Gasteiger partial charge in [0.25, 0.3) is 0 Å². The summed E-state index contributed by atoms with van der Waals surface area (Å²) >= 11 is 1.66. The molecule has 0 saturated heterocycles. The van der Waals surface area contributed by atoms with Crippen molar-refractivity contribution in [2.75, 3.05) is 12.8 Å². The lowest BCUT2D eigenvalue weighted by Gasteiger charge is -2.07. The maximum absolute atomic E-state index is 6.07. The molecule has 0 amide bonds. The van der Waals surface area contributed by atoms with Gasteiger partial charge in [-0.25, -0.2) is 9.97 Å². The van der Waals surface area contributed by atoms with Gasteiger partial charge in [-0.3, -0.25) is 0 Å². The van der Waals surface area contributed by atoms with Crippen LogP contribution < -0.4 is 10.5 Å². The Bertz CT molecular complexity index is 767. The van der Waals surface area contributed by atoms with E-state index in [1.165, 1.54) is 4.88 Å². The summed E-state index contributed by atoms with van der Waals surface area (Å²) in [5, 5.41) is 0.936. The highest BCUT2D eigenvalue weighted by molar-refractivity contribution is 7.18. The van der Waals surface area contributed by atoms with Crippen LogP contribution in [0.15, 0.2) is 30.3 Å². The Labute approximate surface area is 121 Å². The lowest BCUT2D eigenvalue weighted by atomic mass is 10.2. The molecule has 0 aliphatic rings. The van der Waals surface area contributed by atoms with Gasteiger partial charge < -0.3 is 10.5 Å². The SMILES string of the molecule is CCc1cc2c(N)nc(-c3ccccc3OC)nc2s1. The van der Waals surface area contributed by atoms with Crippen LogP contribution in [0.2, 0.25) is 0 Å². The Hall–Kier alpha value is -2.14. The van der Waals surface area contributed by atoms with Gasteiger partial charge in [-0.2, -0.15) is 0 Å². The third-order valence-electron chi connectivity index (χ3n) is 3.17. The number of thiophene rings is 1. The maximum atomic E-state index is 6.07. The van der Waals surface area contributed by atoms with Crippen molar-refractivity contribution >= 4 is 27.4 Å². The highest BCUT2D eigenvalue weighted by atomic mass is 32.1. The minimum Gasteiger partial charge on any atom is -0.496 e. The Balaban J connectivity index is 2.21. The van der Waals surface area contributed by atoms with Gasteiger partial charge in [0.05, 0.1) is 18.1 Å². The van der Waals surface area contributed by atoms with Crippen molar-refractivity contribution in [2.24, 2.45) is 0 Å². The molecule has 0 fully saturated rings. The number of hydrogen-bond donors (Lipinski definition) is 1. The number of aryl methyl sites for hydroxylation is 1. The van der Waals surface area contributed by atoms with Crippen LogP contribution in [0.4, 0.5) is 5.82 Å². The second-order valence-electron chi connectivity index (χ2n) is 4.42. The zero-order valence-electron chi connectivity index (χ0n) is 11.4. The molecule has 20 heavy (non-hydrogen) atoms. The summed E-state index contributed by atoms with van der Waals surface area (Å²) in [6.45, 7) is 2.12. The Morgan fingerprint density at radius 3 is 2.80 bits per heavy atom. The lowest BCUT2D eigenvalue weighted by molar-refractivity contribution is 0.416. The molecule has 0 radical (unpaired) electrons. The first-order chi connectivity index (χ1) is 9.72. The molecule has 1 aromatic carbocycles. The molecule has 4 nitrogen and oxygen atoms in total. The number of aromatic nitrogens is 2. The van der Waals surface area contributed by atoms with Crippen molar-refractivity contribution in [1.82, 2.24) is 9.97 Å². The van der Waals surface area contributed by atoms with Crippen molar-refractivity contribution in [1.29, 1.82) is 0 Å². The molecule has 2 heterocycles. The topological polar surface area (TPSA) is 61.0 Å². The van der Waals surface area contributed by atoms with Crippen LogP contribution in [-0.4, -0.2) is 17.1 Å². The Morgan fingerprint density at radius 2 is 2.05 bits per heavy atom. The fourth-order valence-corrected chi connectivity index (χ4v) is 3.09. The fourth-order valence-electron chi connectivity index (χ4n) is 2.12. The maximum Gasteiger partial charge on any atom is 0.166 e. The van der Waals surface area contributed by atoms with E-state index >= 15 is 0 Å². The summed E-state index contributed by atoms with van der Waals surface area (Å²) < 4.78 is 5.36. The number of nitrogens with zero attached hydrogens (tertiary/aromatic N) is 2. The average molecular weight is 285 g/mol. The predicted octanol–water partition coefficient (Wildman–Crippen LogP) is 3.51. The number of para-hydroxylation sites is 1. The number of ether oxygens (including phenoxy) is 1. The molecule has 0 unspecified atom stereocenters. The summed E-state index contributed by atoms with van der Waals surface area (Å²) in [7, 11) is 1.64. The van der Waals surface area contributed by atoms with Gasteiger partial charge in [-0.15, -0.1) is 11.3 Å². The number of hydrogen-bond acceptors (Lipinski definition) is 5. The van der Waals surface area contributed by atoms with E-state index in [0.717, 1.165) is 28.0 Å². The van der Waals surface area contributed by atoms with E-state index < -0.39 is 0 Å². The number of methoxy groups -OCH3 is 1. The normalized spacial score (nSPS) is 10.9. The summed E-state index contributed by atoms with van der Waals surface area (Å²) in [4.78, 5) is 11.2. The molecule has 102 valence electrons. The number of fused-ring (bicyclic) bond motifs is 1. The van der Waals surface area contributed by atoms with Crippen LogP contribution >= 0.6 is 11.3 Å². The second-order valence-corrected chi connectivity index (χ2v) is 5.53. The van der Waals surface area contributed by atoms with Crippen LogP contribution in [0.5, 0.6) is 5.75 Å². The van der Waals surface area contributed by atoms with E-state index in [1.807, 2.05) is 24.3 Å². The molecule has 3 rings (SSSR count). The van der Waals surface area contributed by atoms with Crippen molar-refractivity contribution < 1.29 is 4.74 Å². The van der Waals surface area contributed by atoms with Gasteiger partial charge in [0, 0.05) is 4.88 Å². The summed E-state index contributed by atoms with van der Waals surface area (Å²) in [5.74, 6) is 1.88. The molecule has 3 aromatic rings. The molecule has 0 aliphatic heterocycles. The summed E-state index contributed by atoms with van der Waals surface area (Å²) in [6, 6.07) is 9.76. The van der Waals surface area contributed by atoms with Crippen LogP contribution in [0.3, 0.4) is 0 Å². The first-order valence-corrected chi connectivity index (χ1v) is 7.24. The monoisotopic (exact) mass is 285 g/mol. The summed E-state index contributed by atoms with van der Waals surface area (Å²) in [5.41, 5.74) is 6.93. The van der Waals surface area contributed by atoms with Gasteiger partial charge in [0.2, 0.25) is 0 Å². The van der Waals surface area contributed by atoms with Crippen molar-refractivity contribution in [3.8, 4) is 17.1 Å². The zero-order chi connectivity index (χ0) is 14.1. The highest BCUT2D eigenvalue weighted by Crippen LogP contribution is 2.33. The third kappa shape index (κ3) is 2.10. The van der Waals surface area contributed by atoms with Gasteiger partial charge in [0.15, 0.2) is 5.82 Å². The van der Waals surface area contributed by atoms with Gasteiger partial charge in [0.1, 0.15) is 16.4 Å². The average Bonchev–Trinajstić information content (AvgIpc) is 2.91. The molecular weight excluding hydrogens is 270 g/mol. The number of nitrogen functional groups attached to an aromatic ring is 1. The van der Waals surface area contributed by atoms with Crippen molar-refractivity contribution in [2.45, 2.75) is 13.3 Å². The third-order valence-corrected chi connectivity index (χ3v) is 4.34. The molecule has 0 bridgehead atoms. The van der Waals surface area contributed by atoms with Crippen LogP contribution in [0.1, 0.15) is 11.8 Å². The van der Waals surface area contributed by atoms with Gasteiger partial charge >= 0.3 is 0 Å². The lowest BCUT2D eigenvalue weighted by Crippen LogP contribution is -1.97. The number of anilines is 1. The molecule has 0 aliphatic carbocycles. The predicted molar refractivity (Wildman–Crippen MR) is 83.2 cm³/mol. The molecule has 2 N–H and O–H groups in total. The molecule has 5 heteroatoms. The van der Waals surface area contributed by atoms with Gasteiger partial charge in [-0.1, -0.05) is 19.1 Å². The van der Waals surface area contributed by atoms with Crippen molar-refractivity contribution in [3.05, 3.63) is 35.2 Å². The van der Waals surface area contributed by atoms with E-state index in [2.05, 4.69) is 23.0 Å². The molecule has 2 aromatic heterocycles. The minimum absolute atomic E-state index is 0.520.